The Hall–Kier alpha value is -1.79. The molecule has 6 nitrogen and oxygen atoms in total. The molecule has 0 saturated heterocycles. The van der Waals surface area contributed by atoms with Gasteiger partial charge in [0.25, 0.3) is 5.91 Å². The molecule has 1 aromatic carbocycles. The van der Waals surface area contributed by atoms with Crippen molar-refractivity contribution >= 4 is 29.9 Å². The summed E-state index contributed by atoms with van der Waals surface area (Å²) >= 11 is 0. The van der Waals surface area contributed by atoms with Crippen LogP contribution in [0.15, 0.2) is 18.2 Å². The molecule has 23 heavy (non-hydrogen) atoms. The summed E-state index contributed by atoms with van der Waals surface area (Å²) in [4.78, 5) is 24.4. The Labute approximate surface area is 142 Å². The first-order valence-electron chi connectivity index (χ1n) is 7.60. The van der Waals surface area contributed by atoms with E-state index in [1.165, 1.54) is 7.11 Å². The Morgan fingerprint density at radius 1 is 1.39 bits per heavy atom. The number of carbonyl (C=O) groups excluding carboxylic acids is 2. The summed E-state index contributed by atoms with van der Waals surface area (Å²) in [6, 6.07) is 4.65. The monoisotopic (exact) mass is 341 g/mol. The molecule has 1 fully saturated rings. The predicted molar refractivity (Wildman–Crippen MR) is 92.2 cm³/mol. The van der Waals surface area contributed by atoms with Crippen molar-refractivity contribution in [1.82, 2.24) is 5.32 Å². The first kappa shape index (κ1) is 19.3. The van der Waals surface area contributed by atoms with E-state index in [4.69, 9.17) is 10.5 Å². The molecule has 0 heterocycles. The van der Waals surface area contributed by atoms with Crippen molar-refractivity contribution in [3.63, 3.8) is 0 Å². The number of amides is 2. The summed E-state index contributed by atoms with van der Waals surface area (Å²) in [6.07, 6.45) is 3.43. The zero-order chi connectivity index (χ0) is 16.1. The molecule has 0 spiro atoms. The predicted octanol–water partition coefficient (Wildman–Crippen LogP) is 2.08. The van der Waals surface area contributed by atoms with Crippen LogP contribution in [0.25, 0.3) is 0 Å². The van der Waals surface area contributed by atoms with E-state index < -0.39 is 6.04 Å². The van der Waals surface area contributed by atoms with Crippen molar-refractivity contribution in [3.8, 4) is 5.75 Å². The number of carbonyl (C=O) groups is 2. The summed E-state index contributed by atoms with van der Waals surface area (Å²) < 4.78 is 5.15. The molecule has 1 unspecified atom stereocenters. The number of rotatable bonds is 7. The van der Waals surface area contributed by atoms with E-state index in [0.717, 1.165) is 19.3 Å². The molecule has 0 aliphatic heterocycles. The van der Waals surface area contributed by atoms with E-state index in [2.05, 4.69) is 10.6 Å². The van der Waals surface area contributed by atoms with Crippen LogP contribution in [-0.2, 0) is 4.79 Å². The molecule has 1 aromatic rings. The maximum atomic E-state index is 12.3. The van der Waals surface area contributed by atoms with Crippen LogP contribution in [0.4, 0.5) is 5.69 Å². The summed E-state index contributed by atoms with van der Waals surface area (Å²) in [5.41, 5.74) is 6.66. The Balaban J connectivity index is 0.00000264. The number of hydrogen-bond donors (Lipinski definition) is 3. The molecule has 0 bridgehead atoms. The van der Waals surface area contributed by atoms with Gasteiger partial charge in [-0.25, -0.2) is 0 Å². The molecule has 1 aliphatic carbocycles. The van der Waals surface area contributed by atoms with Gasteiger partial charge in [-0.1, -0.05) is 13.3 Å². The molecule has 128 valence electrons. The maximum Gasteiger partial charge on any atom is 0.253 e. The van der Waals surface area contributed by atoms with Gasteiger partial charge in [0.2, 0.25) is 5.91 Å². The summed E-state index contributed by atoms with van der Waals surface area (Å²) in [5.74, 6) is 0.0741. The molecule has 7 heteroatoms. The summed E-state index contributed by atoms with van der Waals surface area (Å²) in [7, 11) is 1.54. The highest BCUT2D eigenvalue weighted by atomic mass is 35.5. The standard InChI is InChI=1S/C16H23N3O3.ClH/c1-3-4-13(17)16(21)19-14-8-7-11(22-2)9-12(14)15(20)18-10-5-6-10;/h7-10,13H,3-6,17H2,1-2H3,(H,18,20)(H,19,21);1H. The zero-order valence-electron chi connectivity index (χ0n) is 13.4. The Bertz CT molecular complexity index is 562. The van der Waals surface area contributed by atoms with Gasteiger partial charge in [-0.2, -0.15) is 0 Å². The smallest absolute Gasteiger partial charge is 0.253 e. The second-order valence-corrected chi connectivity index (χ2v) is 5.54. The lowest BCUT2D eigenvalue weighted by Crippen LogP contribution is -2.36. The van der Waals surface area contributed by atoms with Gasteiger partial charge in [0.05, 0.1) is 24.4 Å². The molecule has 2 amide bonds. The zero-order valence-corrected chi connectivity index (χ0v) is 14.2. The lowest BCUT2D eigenvalue weighted by atomic mass is 10.1. The van der Waals surface area contributed by atoms with Gasteiger partial charge in [0.15, 0.2) is 0 Å². The summed E-state index contributed by atoms with van der Waals surface area (Å²) in [5, 5.41) is 5.65. The van der Waals surface area contributed by atoms with Gasteiger partial charge in [-0.15, -0.1) is 12.4 Å². The molecule has 4 N–H and O–H groups in total. The number of ether oxygens (including phenoxy) is 1. The van der Waals surface area contributed by atoms with Crippen LogP contribution >= 0.6 is 12.4 Å². The van der Waals surface area contributed by atoms with Gasteiger partial charge in [0.1, 0.15) is 5.75 Å². The largest absolute Gasteiger partial charge is 0.497 e. The fraction of sp³-hybridized carbons (Fsp3) is 0.500. The Morgan fingerprint density at radius 2 is 2.09 bits per heavy atom. The second-order valence-electron chi connectivity index (χ2n) is 5.54. The minimum absolute atomic E-state index is 0. The van der Waals surface area contributed by atoms with E-state index in [1.807, 2.05) is 6.92 Å². The second kappa shape index (κ2) is 8.74. The van der Waals surface area contributed by atoms with E-state index in [0.29, 0.717) is 23.4 Å². The van der Waals surface area contributed by atoms with Crippen LogP contribution in [0.5, 0.6) is 5.75 Å². The van der Waals surface area contributed by atoms with E-state index in [9.17, 15) is 9.59 Å². The van der Waals surface area contributed by atoms with Gasteiger partial charge in [-0.05, 0) is 37.5 Å². The molecule has 2 rings (SSSR count). The molecule has 1 saturated carbocycles. The summed E-state index contributed by atoms with van der Waals surface area (Å²) in [6.45, 7) is 1.97. The average molecular weight is 342 g/mol. The third-order valence-corrected chi connectivity index (χ3v) is 3.58. The quantitative estimate of drug-likeness (QED) is 0.707. The lowest BCUT2D eigenvalue weighted by Gasteiger charge is -2.15. The van der Waals surface area contributed by atoms with E-state index in [-0.39, 0.29) is 30.3 Å². The fourth-order valence-corrected chi connectivity index (χ4v) is 2.11. The molecule has 0 radical (unpaired) electrons. The normalized spacial score (nSPS) is 14.4. The number of nitrogens with one attached hydrogen (secondary N) is 2. The van der Waals surface area contributed by atoms with Crippen molar-refractivity contribution in [1.29, 1.82) is 0 Å². The number of benzene rings is 1. The van der Waals surface area contributed by atoms with E-state index in [1.54, 1.807) is 18.2 Å². The van der Waals surface area contributed by atoms with Gasteiger partial charge >= 0.3 is 0 Å². The molecule has 0 aromatic heterocycles. The molecular weight excluding hydrogens is 318 g/mol. The number of hydrogen-bond acceptors (Lipinski definition) is 4. The highest BCUT2D eigenvalue weighted by molar-refractivity contribution is 6.05. The van der Waals surface area contributed by atoms with Crippen molar-refractivity contribution in [3.05, 3.63) is 23.8 Å². The van der Waals surface area contributed by atoms with Gasteiger partial charge in [-0.3, -0.25) is 9.59 Å². The van der Waals surface area contributed by atoms with Crippen molar-refractivity contribution in [2.75, 3.05) is 12.4 Å². The highest BCUT2D eigenvalue weighted by Crippen LogP contribution is 2.25. The molecule has 1 atom stereocenters. The third kappa shape index (κ3) is 5.41. The maximum absolute atomic E-state index is 12.3. The first-order valence-corrected chi connectivity index (χ1v) is 7.60. The van der Waals surface area contributed by atoms with Crippen LogP contribution in [0.2, 0.25) is 0 Å². The minimum atomic E-state index is -0.577. The lowest BCUT2D eigenvalue weighted by molar-refractivity contribution is -0.117. The third-order valence-electron chi connectivity index (χ3n) is 3.58. The Kier molecular flexibility index (Phi) is 7.32. The SMILES string of the molecule is CCCC(N)C(=O)Nc1ccc(OC)cc1C(=O)NC1CC1.Cl. The minimum Gasteiger partial charge on any atom is -0.497 e. The van der Waals surface area contributed by atoms with Crippen LogP contribution in [0.1, 0.15) is 43.0 Å². The van der Waals surface area contributed by atoms with Gasteiger partial charge < -0.3 is 21.1 Å². The van der Waals surface area contributed by atoms with E-state index >= 15 is 0 Å². The van der Waals surface area contributed by atoms with Gasteiger partial charge in [0, 0.05) is 6.04 Å². The first-order chi connectivity index (χ1) is 10.5. The number of anilines is 1. The Morgan fingerprint density at radius 3 is 2.65 bits per heavy atom. The van der Waals surface area contributed by atoms with Crippen molar-refractivity contribution in [2.24, 2.45) is 5.73 Å². The number of halogens is 1. The van der Waals surface area contributed by atoms with Crippen molar-refractivity contribution < 1.29 is 14.3 Å². The fourth-order valence-electron chi connectivity index (χ4n) is 2.11. The highest BCUT2D eigenvalue weighted by Gasteiger charge is 2.25. The van der Waals surface area contributed by atoms with Crippen molar-refractivity contribution in [2.45, 2.75) is 44.7 Å². The van der Waals surface area contributed by atoms with Crippen LogP contribution in [0.3, 0.4) is 0 Å². The van der Waals surface area contributed by atoms with Crippen LogP contribution in [-0.4, -0.2) is 31.0 Å². The topological polar surface area (TPSA) is 93.5 Å². The average Bonchev–Trinajstić information content (AvgIpc) is 3.31. The number of methoxy groups -OCH3 is 1. The van der Waals surface area contributed by atoms with Crippen LogP contribution in [0, 0.1) is 0 Å². The van der Waals surface area contributed by atoms with Crippen LogP contribution < -0.4 is 21.1 Å². The number of nitrogens with two attached hydrogens (primary N) is 1. The molecular formula is C16H24ClN3O3. The molecule has 1 aliphatic rings.